The number of carbonyl (C=O) groups excluding carboxylic acids is 2. The molecule has 0 saturated carbocycles. The molecular formula is C42H42N2O9. The summed E-state index contributed by atoms with van der Waals surface area (Å²) in [5.41, 5.74) is 1.43. The van der Waals surface area contributed by atoms with Crippen LogP contribution in [0.3, 0.4) is 0 Å². The highest BCUT2D eigenvalue weighted by atomic mass is 16.7. The number of fused-ring (bicyclic) bond motifs is 3. The SMILES string of the molecule is CC(C(CC/C=C/c1nc2ccccc2o1)c1ccc2c(c1)OCO2)N(Cc1ccc2ccccc2c1)C(=O)C(O)=C(CC(=O)O)C(=O)OC(C)(C)C. The number of oxazole rings is 1. The van der Waals surface area contributed by atoms with Crippen molar-refractivity contribution >= 4 is 45.8 Å². The highest BCUT2D eigenvalue weighted by Crippen LogP contribution is 2.38. The Bertz CT molecular complexity index is 2180. The molecule has 6 rings (SSSR count). The molecule has 4 aromatic carbocycles. The molecule has 5 aromatic rings. The third-order valence-corrected chi connectivity index (χ3v) is 9.00. The van der Waals surface area contributed by atoms with Crippen molar-refractivity contribution < 1.29 is 43.2 Å². The number of nitrogens with zero attached hydrogens (tertiary/aromatic N) is 2. The number of allylic oxidation sites excluding steroid dienone is 1. The number of hydrogen-bond acceptors (Lipinski definition) is 9. The monoisotopic (exact) mass is 718 g/mol. The lowest BCUT2D eigenvalue weighted by molar-refractivity contribution is -0.152. The Balaban J connectivity index is 1.38. The molecule has 1 aliphatic heterocycles. The first-order chi connectivity index (χ1) is 25.4. The largest absolute Gasteiger partial charge is 0.503 e. The molecule has 2 unspecified atom stereocenters. The lowest BCUT2D eigenvalue weighted by atomic mass is 9.86. The molecule has 0 fully saturated rings. The molecule has 53 heavy (non-hydrogen) atoms. The van der Waals surface area contributed by atoms with Crippen molar-refractivity contribution in [1.82, 2.24) is 9.88 Å². The Kier molecular flexibility index (Phi) is 10.8. The van der Waals surface area contributed by atoms with Gasteiger partial charge >= 0.3 is 11.9 Å². The Hall–Kier alpha value is -6.10. The maximum atomic E-state index is 14.5. The van der Waals surface area contributed by atoms with E-state index in [0.29, 0.717) is 35.8 Å². The second-order valence-corrected chi connectivity index (χ2v) is 14.0. The molecule has 274 valence electrons. The third kappa shape index (κ3) is 8.86. The van der Waals surface area contributed by atoms with Crippen molar-refractivity contribution in [3.05, 3.63) is 119 Å². The smallest absolute Gasteiger partial charge is 0.339 e. The standard InChI is InChI=1S/C42H42N2O9/c1-26(31(30-19-20-35-36(22-30)51-25-50-35)13-7-10-16-37-43-33-14-8-9-15-34(33)52-37)44(24-27-17-18-28-11-5-6-12-29(28)21-27)40(48)39(47)32(23-38(45)46)41(49)53-42(2,3)4/h5-6,8-12,14-22,26,31,47H,7,13,23-25H2,1-4H3,(H,45,46)/b16-10+,39-32?. The molecule has 0 radical (unpaired) electrons. The van der Waals surface area contributed by atoms with E-state index in [2.05, 4.69) is 4.98 Å². The Morgan fingerprint density at radius 1 is 0.925 bits per heavy atom. The number of rotatable bonds is 13. The summed E-state index contributed by atoms with van der Waals surface area (Å²) in [6.45, 7) is 6.86. The molecular weight excluding hydrogens is 676 g/mol. The molecule has 2 atom stereocenters. The number of benzene rings is 4. The number of esters is 1. The van der Waals surface area contributed by atoms with Gasteiger partial charge in [0.25, 0.3) is 5.91 Å². The minimum atomic E-state index is -1.40. The summed E-state index contributed by atoms with van der Waals surface area (Å²) >= 11 is 0. The molecule has 1 amide bonds. The molecule has 0 aliphatic carbocycles. The summed E-state index contributed by atoms with van der Waals surface area (Å²) in [5.74, 6) is -3.05. The summed E-state index contributed by atoms with van der Waals surface area (Å²) < 4.78 is 22.6. The van der Waals surface area contributed by atoms with E-state index >= 15 is 0 Å². The van der Waals surface area contributed by atoms with E-state index in [1.54, 1.807) is 20.8 Å². The van der Waals surface area contributed by atoms with Gasteiger partial charge in [-0.25, -0.2) is 9.78 Å². The lowest BCUT2D eigenvalue weighted by Gasteiger charge is -2.35. The van der Waals surface area contributed by atoms with Crippen LogP contribution in [0.4, 0.5) is 0 Å². The van der Waals surface area contributed by atoms with Crippen LogP contribution in [-0.2, 0) is 25.7 Å². The maximum Gasteiger partial charge on any atom is 0.339 e. The predicted molar refractivity (Wildman–Crippen MR) is 199 cm³/mol. The first-order valence-corrected chi connectivity index (χ1v) is 17.4. The number of carboxylic acids is 1. The third-order valence-electron chi connectivity index (χ3n) is 9.00. The summed E-state index contributed by atoms with van der Waals surface area (Å²) in [6, 6.07) is 26.2. The van der Waals surface area contributed by atoms with Gasteiger partial charge in [-0.15, -0.1) is 0 Å². The topological polar surface area (TPSA) is 149 Å². The van der Waals surface area contributed by atoms with Gasteiger partial charge in [-0.05, 0) is 98.8 Å². The zero-order valence-corrected chi connectivity index (χ0v) is 30.1. The molecule has 11 nitrogen and oxygen atoms in total. The Labute approximate surface area is 307 Å². The molecule has 0 spiro atoms. The highest BCUT2D eigenvalue weighted by molar-refractivity contribution is 6.03. The van der Waals surface area contributed by atoms with E-state index in [4.69, 9.17) is 18.6 Å². The van der Waals surface area contributed by atoms with Gasteiger partial charge in [-0.3, -0.25) is 9.59 Å². The number of para-hydroxylation sites is 2. The van der Waals surface area contributed by atoms with E-state index in [1.807, 2.05) is 104 Å². The lowest BCUT2D eigenvalue weighted by Crippen LogP contribution is -2.43. The zero-order valence-electron chi connectivity index (χ0n) is 30.1. The fraction of sp³-hybridized carbons (Fsp3) is 0.286. The van der Waals surface area contributed by atoms with Crippen molar-refractivity contribution in [2.45, 2.75) is 71.1 Å². The van der Waals surface area contributed by atoms with Crippen LogP contribution in [0, 0.1) is 0 Å². The van der Waals surface area contributed by atoms with Gasteiger partial charge < -0.3 is 33.7 Å². The predicted octanol–water partition coefficient (Wildman–Crippen LogP) is 8.33. The van der Waals surface area contributed by atoms with Crippen molar-refractivity contribution in [2.75, 3.05) is 6.79 Å². The minimum Gasteiger partial charge on any atom is -0.503 e. The fourth-order valence-electron chi connectivity index (χ4n) is 6.41. The first-order valence-electron chi connectivity index (χ1n) is 17.4. The van der Waals surface area contributed by atoms with Gasteiger partial charge in [0.15, 0.2) is 22.8 Å². The number of amides is 1. The number of ether oxygens (including phenoxy) is 3. The molecule has 0 saturated heterocycles. The van der Waals surface area contributed by atoms with Crippen molar-refractivity contribution in [3.63, 3.8) is 0 Å². The van der Waals surface area contributed by atoms with Gasteiger partial charge in [-0.2, -0.15) is 0 Å². The van der Waals surface area contributed by atoms with Crippen molar-refractivity contribution in [3.8, 4) is 11.5 Å². The van der Waals surface area contributed by atoms with Crippen LogP contribution >= 0.6 is 0 Å². The van der Waals surface area contributed by atoms with Crippen LogP contribution in [0.2, 0.25) is 0 Å². The van der Waals surface area contributed by atoms with Gasteiger partial charge in [0.2, 0.25) is 12.7 Å². The van der Waals surface area contributed by atoms with E-state index in [0.717, 1.165) is 27.4 Å². The average molecular weight is 719 g/mol. The fourth-order valence-corrected chi connectivity index (χ4v) is 6.41. The van der Waals surface area contributed by atoms with Gasteiger partial charge in [0.1, 0.15) is 11.1 Å². The van der Waals surface area contributed by atoms with Crippen LogP contribution in [0.25, 0.3) is 27.9 Å². The van der Waals surface area contributed by atoms with Gasteiger partial charge in [-0.1, -0.05) is 60.7 Å². The summed E-state index contributed by atoms with van der Waals surface area (Å²) in [7, 11) is 0. The number of aliphatic hydroxyl groups excluding tert-OH is 1. The normalized spacial score (nSPS) is 14.3. The molecule has 1 aromatic heterocycles. The maximum absolute atomic E-state index is 14.5. The second kappa shape index (κ2) is 15.6. The first kappa shape index (κ1) is 36.7. The summed E-state index contributed by atoms with van der Waals surface area (Å²) in [4.78, 5) is 45.6. The van der Waals surface area contributed by atoms with Crippen LogP contribution in [-0.4, -0.2) is 56.4 Å². The Morgan fingerprint density at radius 2 is 1.66 bits per heavy atom. The number of aliphatic carboxylic acids is 1. The number of aliphatic hydroxyl groups is 1. The average Bonchev–Trinajstić information content (AvgIpc) is 3.77. The van der Waals surface area contributed by atoms with Crippen LogP contribution in [0.1, 0.15) is 69.9 Å². The zero-order chi connectivity index (χ0) is 37.7. The molecule has 1 aliphatic rings. The number of carbonyl (C=O) groups is 3. The van der Waals surface area contributed by atoms with Crippen LogP contribution < -0.4 is 9.47 Å². The summed E-state index contributed by atoms with van der Waals surface area (Å²) in [6.07, 6.45) is 3.96. The number of carboxylic acid groups (broad SMARTS) is 1. The second-order valence-electron chi connectivity index (χ2n) is 14.0. The van der Waals surface area contributed by atoms with E-state index in [-0.39, 0.29) is 19.3 Å². The van der Waals surface area contributed by atoms with Crippen LogP contribution in [0.5, 0.6) is 11.5 Å². The minimum absolute atomic E-state index is 0.0450. The number of hydrogen-bond donors (Lipinski definition) is 2. The van der Waals surface area contributed by atoms with Crippen molar-refractivity contribution in [2.24, 2.45) is 0 Å². The van der Waals surface area contributed by atoms with Gasteiger partial charge in [0.05, 0.1) is 12.0 Å². The quantitative estimate of drug-likeness (QED) is 0.0691. The van der Waals surface area contributed by atoms with E-state index < -0.39 is 47.2 Å². The molecule has 2 N–H and O–H groups in total. The van der Waals surface area contributed by atoms with Gasteiger partial charge in [0, 0.05) is 18.5 Å². The van der Waals surface area contributed by atoms with E-state index in [1.165, 1.54) is 4.90 Å². The molecule has 2 heterocycles. The number of aromatic nitrogens is 1. The molecule has 11 heteroatoms. The van der Waals surface area contributed by atoms with Crippen molar-refractivity contribution in [1.29, 1.82) is 0 Å². The molecule has 0 bridgehead atoms. The highest BCUT2D eigenvalue weighted by Gasteiger charge is 2.35. The Morgan fingerprint density at radius 3 is 2.42 bits per heavy atom. The van der Waals surface area contributed by atoms with Crippen LogP contribution in [0.15, 0.2) is 107 Å². The van der Waals surface area contributed by atoms with E-state index in [9.17, 15) is 24.6 Å². The summed E-state index contributed by atoms with van der Waals surface area (Å²) in [5, 5.41) is 23.2.